The smallest absolute Gasteiger partial charge is 0.272 e. The Bertz CT molecular complexity index is 970. The molecule has 26 heavy (non-hydrogen) atoms. The van der Waals surface area contributed by atoms with Crippen LogP contribution in [-0.2, 0) is 6.54 Å². The Morgan fingerprint density at radius 3 is 2.50 bits per heavy atom. The fourth-order valence-electron chi connectivity index (χ4n) is 3.51. The molecule has 4 nitrogen and oxygen atoms in total. The van der Waals surface area contributed by atoms with Crippen molar-refractivity contribution in [3.8, 4) is 5.75 Å². The molecule has 0 bridgehead atoms. The summed E-state index contributed by atoms with van der Waals surface area (Å²) < 4.78 is 7.69. The number of nitrogens with zero attached hydrogens (tertiary/aromatic N) is 1. The van der Waals surface area contributed by atoms with E-state index < -0.39 is 0 Å². The number of aromatic nitrogens is 1. The predicted octanol–water partition coefficient (Wildman–Crippen LogP) is 5.24. The van der Waals surface area contributed by atoms with Gasteiger partial charge in [0.25, 0.3) is 5.91 Å². The van der Waals surface area contributed by atoms with E-state index in [0.717, 1.165) is 40.0 Å². The van der Waals surface area contributed by atoms with Gasteiger partial charge in [-0.1, -0.05) is 17.7 Å². The van der Waals surface area contributed by atoms with E-state index in [1.807, 2.05) is 58.0 Å². The van der Waals surface area contributed by atoms with Crippen LogP contribution in [0.2, 0.25) is 0 Å². The van der Waals surface area contributed by atoms with Crippen molar-refractivity contribution in [2.45, 2.75) is 41.2 Å². The average molecular weight is 350 g/mol. The molecule has 1 amide bonds. The van der Waals surface area contributed by atoms with Gasteiger partial charge in [-0.15, -0.1) is 0 Å². The van der Waals surface area contributed by atoms with Crippen molar-refractivity contribution in [1.29, 1.82) is 0 Å². The van der Waals surface area contributed by atoms with Gasteiger partial charge in [0.2, 0.25) is 0 Å². The average Bonchev–Trinajstić information content (AvgIpc) is 2.89. The third-order valence-corrected chi connectivity index (χ3v) is 4.76. The molecule has 0 aliphatic carbocycles. The third-order valence-electron chi connectivity index (χ3n) is 4.76. The monoisotopic (exact) mass is 350 g/mol. The van der Waals surface area contributed by atoms with Gasteiger partial charge in [0, 0.05) is 23.1 Å². The minimum atomic E-state index is -0.0783. The SMILES string of the molecule is CCOc1ccc2c(c1)c(C)c(C(=O)Nc1ccc(C)cc1C)n2CC. The van der Waals surface area contributed by atoms with Crippen molar-refractivity contribution >= 4 is 22.5 Å². The van der Waals surface area contributed by atoms with Crippen LogP contribution in [0.1, 0.15) is 41.0 Å². The minimum absolute atomic E-state index is 0.0783. The zero-order chi connectivity index (χ0) is 18.8. The highest BCUT2D eigenvalue weighted by molar-refractivity contribution is 6.08. The Hall–Kier alpha value is -2.75. The summed E-state index contributed by atoms with van der Waals surface area (Å²) in [4.78, 5) is 13.1. The van der Waals surface area contributed by atoms with Crippen LogP contribution in [0, 0.1) is 20.8 Å². The lowest BCUT2D eigenvalue weighted by Crippen LogP contribution is -2.18. The van der Waals surface area contributed by atoms with Gasteiger partial charge in [-0.2, -0.15) is 0 Å². The normalized spacial score (nSPS) is 11.0. The summed E-state index contributed by atoms with van der Waals surface area (Å²) in [5.74, 6) is 0.753. The van der Waals surface area contributed by atoms with Crippen molar-refractivity contribution in [2.24, 2.45) is 0 Å². The lowest BCUT2D eigenvalue weighted by Gasteiger charge is -2.12. The molecule has 4 heteroatoms. The second-order valence-corrected chi connectivity index (χ2v) is 6.60. The molecule has 1 aromatic heterocycles. The molecule has 0 unspecified atom stereocenters. The van der Waals surface area contributed by atoms with Gasteiger partial charge in [0.05, 0.1) is 6.61 Å². The topological polar surface area (TPSA) is 43.3 Å². The summed E-state index contributed by atoms with van der Waals surface area (Å²) in [5.41, 5.74) is 5.83. The molecule has 0 fully saturated rings. The Labute approximate surface area is 154 Å². The van der Waals surface area contributed by atoms with Crippen LogP contribution in [0.15, 0.2) is 36.4 Å². The summed E-state index contributed by atoms with van der Waals surface area (Å²) in [5, 5.41) is 4.14. The number of benzene rings is 2. The summed E-state index contributed by atoms with van der Waals surface area (Å²) in [6.07, 6.45) is 0. The van der Waals surface area contributed by atoms with Crippen molar-refractivity contribution in [1.82, 2.24) is 4.57 Å². The zero-order valence-electron chi connectivity index (χ0n) is 16.1. The molecular formula is C22H26N2O2. The molecule has 0 aliphatic rings. The molecule has 136 valence electrons. The maximum atomic E-state index is 13.1. The van der Waals surface area contributed by atoms with Crippen molar-refractivity contribution in [3.05, 3.63) is 58.8 Å². The largest absolute Gasteiger partial charge is 0.494 e. The van der Waals surface area contributed by atoms with E-state index in [4.69, 9.17) is 4.74 Å². The van der Waals surface area contributed by atoms with Crippen molar-refractivity contribution < 1.29 is 9.53 Å². The molecule has 2 aromatic carbocycles. The first-order valence-electron chi connectivity index (χ1n) is 9.10. The van der Waals surface area contributed by atoms with Gasteiger partial charge in [-0.3, -0.25) is 4.79 Å². The molecule has 1 N–H and O–H groups in total. The number of carbonyl (C=O) groups excluding carboxylic acids is 1. The Morgan fingerprint density at radius 1 is 1.08 bits per heavy atom. The van der Waals surface area contributed by atoms with Gasteiger partial charge >= 0.3 is 0 Å². The second kappa shape index (κ2) is 7.24. The van der Waals surface area contributed by atoms with E-state index in [1.165, 1.54) is 5.56 Å². The van der Waals surface area contributed by atoms with E-state index in [-0.39, 0.29) is 5.91 Å². The number of rotatable bonds is 5. The highest BCUT2D eigenvalue weighted by Crippen LogP contribution is 2.30. The fraction of sp³-hybridized carbons (Fsp3) is 0.318. The lowest BCUT2D eigenvalue weighted by molar-refractivity contribution is 0.101. The lowest BCUT2D eigenvalue weighted by atomic mass is 10.1. The quantitative estimate of drug-likeness (QED) is 0.684. The van der Waals surface area contributed by atoms with E-state index in [1.54, 1.807) is 0 Å². The summed E-state index contributed by atoms with van der Waals surface area (Å²) in [6, 6.07) is 12.1. The Kier molecular flexibility index (Phi) is 5.03. The molecule has 0 atom stereocenters. The Balaban J connectivity index is 2.05. The van der Waals surface area contributed by atoms with Gasteiger partial charge in [-0.05, 0) is 70.0 Å². The van der Waals surface area contributed by atoms with E-state index >= 15 is 0 Å². The fourth-order valence-corrected chi connectivity index (χ4v) is 3.51. The molecule has 0 aliphatic heterocycles. The number of hydrogen-bond acceptors (Lipinski definition) is 2. The van der Waals surface area contributed by atoms with Crippen LogP contribution in [0.25, 0.3) is 10.9 Å². The first-order valence-corrected chi connectivity index (χ1v) is 9.10. The van der Waals surface area contributed by atoms with Gasteiger partial charge in [0.15, 0.2) is 0 Å². The number of hydrogen-bond donors (Lipinski definition) is 1. The van der Waals surface area contributed by atoms with E-state index in [9.17, 15) is 4.79 Å². The molecule has 0 saturated carbocycles. The van der Waals surface area contributed by atoms with Gasteiger partial charge < -0.3 is 14.6 Å². The summed E-state index contributed by atoms with van der Waals surface area (Å²) in [7, 11) is 0. The number of anilines is 1. The molecule has 0 saturated heterocycles. The van der Waals surface area contributed by atoms with Crippen molar-refractivity contribution in [3.63, 3.8) is 0 Å². The summed E-state index contributed by atoms with van der Waals surface area (Å²) in [6.45, 7) is 11.4. The highest BCUT2D eigenvalue weighted by atomic mass is 16.5. The molecule has 0 radical (unpaired) electrons. The van der Waals surface area contributed by atoms with E-state index in [2.05, 4.69) is 22.9 Å². The van der Waals surface area contributed by atoms with Crippen LogP contribution in [-0.4, -0.2) is 17.1 Å². The number of carbonyl (C=O) groups is 1. The van der Waals surface area contributed by atoms with Crippen LogP contribution >= 0.6 is 0 Å². The molecule has 3 aromatic rings. The minimum Gasteiger partial charge on any atom is -0.494 e. The number of ether oxygens (including phenoxy) is 1. The second-order valence-electron chi connectivity index (χ2n) is 6.60. The number of nitrogens with one attached hydrogen (secondary N) is 1. The number of aryl methyl sites for hydroxylation is 4. The van der Waals surface area contributed by atoms with Crippen LogP contribution in [0.3, 0.4) is 0 Å². The van der Waals surface area contributed by atoms with E-state index in [0.29, 0.717) is 12.3 Å². The molecular weight excluding hydrogens is 324 g/mol. The number of fused-ring (bicyclic) bond motifs is 1. The highest BCUT2D eigenvalue weighted by Gasteiger charge is 2.20. The molecule has 1 heterocycles. The van der Waals surface area contributed by atoms with Gasteiger partial charge in [0.1, 0.15) is 11.4 Å². The summed E-state index contributed by atoms with van der Waals surface area (Å²) >= 11 is 0. The van der Waals surface area contributed by atoms with Crippen molar-refractivity contribution in [2.75, 3.05) is 11.9 Å². The Morgan fingerprint density at radius 2 is 1.85 bits per heavy atom. The molecule has 0 spiro atoms. The first-order chi connectivity index (χ1) is 12.5. The van der Waals surface area contributed by atoms with Crippen LogP contribution in [0.4, 0.5) is 5.69 Å². The first kappa shape index (κ1) is 18.1. The van der Waals surface area contributed by atoms with Crippen LogP contribution in [0.5, 0.6) is 5.75 Å². The standard InChI is InChI=1S/C22H26N2O2/c1-6-24-20-11-9-17(26-7-2)13-18(20)16(5)21(24)22(25)23-19-10-8-14(3)12-15(19)4/h8-13H,6-7H2,1-5H3,(H,23,25). The maximum absolute atomic E-state index is 13.1. The predicted molar refractivity (Wildman–Crippen MR) is 107 cm³/mol. The molecule has 3 rings (SSSR count). The maximum Gasteiger partial charge on any atom is 0.272 e. The van der Waals surface area contributed by atoms with Crippen LogP contribution < -0.4 is 10.1 Å². The zero-order valence-corrected chi connectivity index (χ0v) is 16.1. The van der Waals surface area contributed by atoms with Gasteiger partial charge in [-0.25, -0.2) is 0 Å². The third kappa shape index (κ3) is 3.19. The number of amides is 1.